The third-order valence-electron chi connectivity index (χ3n) is 3.48. The van der Waals surface area contributed by atoms with E-state index in [1.165, 1.54) is 19.3 Å². The third-order valence-corrected chi connectivity index (χ3v) is 3.48. The second-order valence-electron chi connectivity index (χ2n) is 5.56. The van der Waals surface area contributed by atoms with Gasteiger partial charge in [0.2, 0.25) is 5.91 Å². The number of esters is 1. The lowest BCUT2D eigenvalue weighted by molar-refractivity contribution is -0.148. The van der Waals surface area contributed by atoms with Crippen LogP contribution in [0.15, 0.2) is 63.6 Å². The number of amides is 1. The number of carbonyl (C=O) groups is 2. The molecule has 0 radical (unpaired) electrons. The fourth-order valence-corrected chi connectivity index (χ4v) is 2.13. The minimum Gasteiger partial charge on any atom is -0.459 e. The summed E-state index contributed by atoms with van der Waals surface area (Å²) in [6, 6.07) is 11.9. The fourth-order valence-electron chi connectivity index (χ4n) is 2.13. The van der Waals surface area contributed by atoms with Gasteiger partial charge < -0.3 is 18.9 Å². The number of hydrogen-bond donors (Lipinski definition) is 1. The molecular weight excluding hydrogens is 350 g/mol. The van der Waals surface area contributed by atoms with Crippen molar-refractivity contribution in [1.29, 1.82) is 0 Å². The van der Waals surface area contributed by atoms with Crippen molar-refractivity contribution in [3.8, 4) is 11.7 Å². The van der Waals surface area contributed by atoms with E-state index in [2.05, 4.69) is 15.5 Å². The Labute approximate surface area is 154 Å². The Morgan fingerprint density at radius 1 is 1.19 bits per heavy atom. The van der Waals surface area contributed by atoms with Crippen LogP contribution in [0.3, 0.4) is 0 Å². The van der Waals surface area contributed by atoms with Gasteiger partial charge >= 0.3 is 5.97 Å². The summed E-state index contributed by atoms with van der Waals surface area (Å²) in [6.07, 6.45) is 4.49. The molecular formula is C19H17N3O5. The van der Waals surface area contributed by atoms with Gasteiger partial charge in [0.25, 0.3) is 11.8 Å². The zero-order valence-electron chi connectivity index (χ0n) is 14.5. The normalized spacial score (nSPS) is 12.0. The first kappa shape index (κ1) is 18.1. The van der Waals surface area contributed by atoms with Gasteiger partial charge in [0.1, 0.15) is 6.04 Å². The Bertz CT molecular complexity index is 916. The van der Waals surface area contributed by atoms with Crippen LogP contribution in [0, 0.1) is 0 Å². The molecule has 1 atom stereocenters. The van der Waals surface area contributed by atoms with Crippen molar-refractivity contribution in [1.82, 2.24) is 15.5 Å². The Morgan fingerprint density at radius 3 is 2.74 bits per heavy atom. The van der Waals surface area contributed by atoms with Crippen molar-refractivity contribution in [2.45, 2.75) is 19.6 Å². The lowest BCUT2D eigenvalue weighted by Gasteiger charge is -2.11. The average Bonchev–Trinajstić information content (AvgIpc) is 3.36. The van der Waals surface area contributed by atoms with Crippen molar-refractivity contribution in [2.24, 2.45) is 0 Å². The Kier molecular flexibility index (Phi) is 5.78. The molecule has 27 heavy (non-hydrogen) atoms. The van der Waals surface area contributed by atoms with E-state index in [0.717, 1.165) is 5.56 Å². The van der Waals surface area contributed by atoms with Gasteiger partial charge in [-0.05, 0) is 30.7 Å². The molecule has 0 bridgehead atoms. The van der Waals surface area contributed by atoms with Crippen molar-refractivity contribution in [2.75, 3.05) is 0 Å². The maximum atomic E-state index is 12.0. The monoisotopic (exact) mass is 367 g/mol. The molecule has 0 aliphatic carbocycles. The molecule has 0 saturated heterocycles. The second kappa shape index (κ2) is 8.61. The summed E-state index contributed by atoms with van der Waals surface area (Å²) in [5, 5.41) is 10.1. The largest absolute Gasteiger partial charge is 0.459 e. The third kappa shape index (κ3) is 5.15. The summed E-state index contributed by atoms with van der Waals surface area (Å²) >= 11 is 0. The molecule has 8 heteroatoms. The van der Waals surface area contributed by atoms with Crippen LogP contribution in [0.4, 0.5) is 0 Å². The summed E-state index contributed by atoms with van der Waals surface area (Å²) in [5.41, 5.74) is 0.881. The highest BCUT2D eigenvalue weighted by Gasteiger charge is 2.18. The molecule has 1 amide bonds. The molecule has 0 fully saturated rings. The molecule has 8 nitrogen and oxygen atoms in total. The van der Waals surface area contributed by atoms with Crippen LogP contribution >= 0.6 is 0 Å². The number of ether oxygens (including phenoxy) is 1. The molecule has 0 spiro atoms. The minimum absolute atomic E-state index is 0.122. The van der Waals surface area contributed by atoms with Gasteiger partial charge in [0.05, 0.1) is 6.26 Å². The van der Waals surface area contributed by atoms with Gasteiger partial charge in [-0.2, -0.15) is 0 Å². The van der Waals surface area contributed by atoms with Gasteiger partial charge in [0.15, 0.2) is 12.4 Å². The van der Waals surface area contributed by atoms with Gasteiger partial charge in [-0.3, -0.25) is 4.79 Å². The van der Waals surface area contributed by atoms with Gasteiger partial charge in [-0.15, -0.1) is 10.2 Å². The Balaban J connectivity index is 1.46. The first-order chi connectivity index (χ1) is 13.1. The van der Waals surface area contributed by atoms with E-state index in [-0.39, 0.29) is 18.4 Å². The first-order valence-electron chi connectivity index (χ1n) is 8.18. The molecule has 1 aromatic carbocycles. The van der Waals surface area contributed by atoms with Crippen molar-refractivity contribution >= 4 is 18.0 Å². The van der Waals surface area contributed by atoms with Crippen LogP contribution in [-0.2, 0) is 20.9 Å². The SMILES string of the molecule is C[C@H](NC(=O)/C=C/c1ccccc1)C(=O)OCc1nnc(-c2ccco2)o1. The molecule has 2 heterocycles. The molecule has 0 aliphatic heterocycles. The lowest BCUT2D eigenvalue weighted by atomic mass is 10.2. The first-order valence-corrected chi connectivity index (χ1v) is 8.18. The molecule has 3 aromatic rings. The van der Waals surface area contributed by atoms with Crippen molar-refractivity contribution < 1.29 is 23.2 Å². The summed E-state index contributed by atoms with van der Waals surface area (Å²) < 4.78 is 15.6. The summed E-state index contributed by atoms with van der Waals surface area (Å²) in [4.78, 5) is 23.9. The molecule has 2 aromatic heterocycles. The van der Waals surface area contributed by atoms with Crippen LogP contribution in [0.25, 0.3) is 17.7 Å². The van der Waals surface area contributed by atoms with E-state index in [1.807, 2.05) is 30.3 Å². The smallest absolute Gasteiger partial charge is 0.328 e. The number of furan rings is 1. The maximum Gasteiger partial charge on any atom is 0.328 e. The van der Waals surface area contributed by atoms with E-state index in [9.17, 15) is 9.59 Å². The Morgan fingerprint density at radius 2 is 2.00 bits per heavy atom. The van der Waals surface area contributed by atoms with E-state index in [4.69, 9.17) is 13.6 Å². The van der Waals surface area contributed by atoms with Crippen LogP contribution in [0.1, 0.15) is 18.4 Å². The molecule has 0 unspecified atom stereocenters. The van der Waals surface area contributed by atoms with E-state index < -0.39 is 17.9 Å². The van der Waals surface area contributed by atoms with E-state index >= 15 is 0 Å². The quantitative estimate of drug-likeness (QED) is 0.505. The van der Waals surface area contributed by atoms with Crippen molar-refractivity contribution in [3.05, 3.63) is 66.3 Å². The number of rotatable bonds is 7. The lowest BCUT2D eigenvalue weighted by Crippen LogP contribution is -2.38. The standard InChI is InChI=1S/C19H17N3O5/c1-13(20-16(23)10-9-14-6-3-2-4-7-14)19(24)26-12-17-21-22-18(27-17)15-8-5-11-25-15/h2-11,13H,12H2,1H3,(H,20,23)/b10-9+/t13-/m0/s1. The molecule has 138 valence electrons. The highest BCUT2D eigenvalue weighted by atomic mass is 16.5. The fraction of sp³-hybridized carbons (Fsp3) is 0.158. The van der Waals surface area contributed by atoms with Crippen LogP contribution in [0.5, 0.6) is 0 Å². The van der Waals surface area contributed by atoms with E-state index in [0.29, 0.717) is 5.76 Å². The predicted molar refractivity (Wildman–Crippen MR) is 94.9 cm³/mol. The number of nitrogens with one attached hydrogen (secondary N) is 1. The number of benzene rings is 1. The van der Waals surface area contributed by atoms with Crippen molar-refractivity contribution in [3.63, 3.8) is 0 Å². The van der Waals surface area contributed by atoms with Gasteiger partial charge in [-0.25, -0.2) is 4.79 Å². The van der Waals surface area contributed by atoms with Crippen LogP contribution in [0.2, 0.25) is 0 Å². The highest BCUT2D eigenvalue weighted by Crippen LogP contribution is 2.18. The van der Waals surface area contributed by atoms with Gasteiger partial charge in [0, 0.05) is 6.08 Å². The highest BCUT2D eigenvalue weighted by molar-refractivity contribution is 5.94. The minimum atomic E-state index is -0.828. The summed E-state index contributed by atoms with van der Waals surface area (Å²) in [6.45, 7) is 1.32. The molecule has 1 N–H and O–H groups in total. The van der Waals surface area contributed by atoms with E-state index in [1.54, 1.807) is 18.2 Å². The summed E-state index contributed by atoms with van der Waals surface area (Å²) in [5.74, 6) is -0.281. The number of carbonyl (C=O) groups excluding carboxylic acids is 2. The predicted octanol–water partition coefficient (Wildman–Crippen LogP) is 2.59. The van der Waals surface area contributed by atoms with Crippen LogP contribution < -0.4 is 5.32 Å². The zero-order valence-corrected chi connectivity index (χ0v) is 14.5. The Hall–Kier alpha value is -3.68. The number of aromatic nitrogens is 2. The average molecular weight is 367 g/mol. The number of hydrogen-bond acceptors (Lipinski definition) is 7. The zero-order chi connectivity index (χ0) is 19.1. The number of nitrogens with zero attached hydrogens (tertiary/aromatic N) is 2. The molecule has 3 rings (SSSR count). The summed E-state index contributed by atoms with van der Waals surface area (Å²) in [7, 11) is 0. The topological polar surface area (TPSA) is 107 Å². The molecule has 0 aliphatic rings. The van der Waals surface area contributed by atoms with Gasteiger partial charge in [-0.1, -0.05) is 30.3 Å². The second-order valence-corrected chi connectivity index (χ2v) is 5.56. The molecule has 0 saturated carbocycles. The van der Waals surface area contributed by atoms with Crippen LogP contribution in [-0.4, -0.2) is 28.1 Å². The maximum absolute atomic E-state index is 12.0.